The van der Waals surface area contributed by atoms with Crippen LogP contribution < -0.4 is 10.6 Å². The van der Waals surface area contributed by atoms with Crippen LogP contribution in [0.1, 0.15) is 45.2 Å². The summed E-state index contributed by atoms with van der Waals surface area (Å²) in [4.78, 5) is 19.5. The fraction of sp³-hybridized carbons (Fsp3) is 0.765. The van der Waals surface area contributed by atoms with E-state index in [4.69, 9.17) is 0 Å². The van der Waals surface area contributed by atoms with E-state index in [9.17, 15) is 4.79 Å². The molecular formula is C17H29ClN4OS. The second-order valence-electron chi connectivity index (χ2n) is 7.19. The van der Waals surface area contributed by atoms with Crippen LogP contribution in [-0.4, -0.2) is 41.5 Å². The van der Waals surface area contributed by atoms with Gasteiger partial charge in [-0.3, -0.25) is 9.69 Å². The third kappa shape index (κ3) is 5.41. The molecule has 5 nitrogen and oxygen atoms in total. The van der Waals surface area contributed by atoms with Gasteiger partial charge in [0.25, 0.3) is 0 Å². The molecule has 0 saturated carbocycles. The average molecular weight is 373 g/mol. The molecule has 136 valence electrons. The Balaban J connectivity index is 0.00000208. The second-order valence-corrected chi connectivity index (χ2v) is 8.05. The van der Waals surface area contributed by atoms with E-state index in [1.807, 2.05) is 0 Å². The molecule has 0 radical (unpaired) electrons. The molecule has 1 amide bonds. The number of anilines is 1. The molecule has 0 aromatic carbocycles. The van der Waals surface area contributed by atoms with Gasteiger partial charge in [-0.05, 0) is 51.6 Å². The van der Waals surface area contributed by atoms with E-state index in [2.05, 4.69) is 39.7 Å². The van der Waals surface area contributed by atoms with Crippen molar-refractivity contribution in [3.8, 4) is 0 Å². The summed E-state index contributed by atoms with van der Waals surface area (Å²) in [6.07, 6.45) is 4.45. The zero-order valence-corrected chi connectivity index (χ0v) is 16.2. The molecule has 2 aliphatic heterocycles. The summed E-state index contributed by atoms with van der Waals surface area (Å²) >= 11 is 1.55. The minimum atomic E-state index is 0. The molecule has 1 aromatic rings. The summed E-state index contributed by atoms with van der Waals surface area (Å²) < 4.78 is 0. The molecule has 1 aromatic heterocycles. The van der Waals surface area contributed by atoms with Gasteiger partial charge in [-0.25, -0.2) is 4.98 Å². The van der Waals surface area contributed by atoms with Crippen molar-refractivity contribution in [2.75, 3.05) is 25.0 Å². The fourth-order valence-electron chi connectivity index (χ4n) is 3.67. The number of amides is 1. The highest BCUT2D eigenvalue weighted by Gasteiger charge is 2.25. The van der Waals surface area contributed by atoms with E-state index < -0.39 is 0 Å². The molecule has 3 rings (SSSR count). The van der Waals surface area contributed by atoms with Crippen LogP contribution in [0.25, 0.3) is 0 Å². The summed E-state index contributed by atoms with van der Waals surface area (Å²) in [5, 5.41) is 9.24. The van der Waals surface area contributed by atoms with E-state index in [1.165, 1.54) is 12.8 Å². The van der Waals surface area contributed by atoms with Crippen molar-refractivity contribution in [3.63, 3.8) is 0 Å². The maximum atomic E-state index is 12.4. The molecule has 24 heavy (non-hydrogen) atoms. The maximum absolute atomic E-state index is 12.4. The Kier molecular flexibility index (Phi) is 7.47. The highest BCUT2D eigenvalue weighted by atomic mass is 35.5. The van der Waals surface area contributed by atoms with Crippen LogP contribution in [0.15, 0.2) is 5.38 Å². The van der Waals surface area contributed by atoms with Crippen LogP contribution in [0.2, 0.25) is 0 Å². The van der Waals surface area contributed by atoms with Crippen LogP contribution in [0.4, 0.5) is 5.13 Å². The number of aromatic nitrogens is 1. The monoisotopic (exact) mass is 372 g/mol. The number of halogens is 1. The number of carbonyl (C=O) groups excluding carboxylic acids is 1. The molecular weight excluding hydrogens is 344 g/mol. The SMILES string of the molecule is CC1CCCN(Cc2csc(NC(=O)[C@H]3CCN[C@@H](C)C3)n2)C1.Cl. The smallest absolute Gasteiger partial charge is 0.229 e. The Morgan fingerprint density at radius 2 is 2.29 bits per heavy atom. The number of carbonyl (C=O) groups is 1. The fourth-order valence-corrected chi connectivity index (χ4v) is 4.38. The predicted molar refractivity (Wildman–Crippen MR) is 102 cm³/mol. The lowest BCUT2D eigenvalue weighted by Crippen LogP contribution is -2.40. The Hall–Kier alpha value is -0.690. The quantitative estimate of drug-likeness (QED) is 0.852. The molecule has 3 atom stereocenters. The van der Waals surface area contributed by atoms with Gasteiger partial charge >= 0.3 is 0 Å². The van der Waals surface area contributed by atoms with Crippen LogP contribution in [0.3, 0.4) is 0 Å². The van der Waals surface area contributed by atoms with Gasteiger partial charge in [0.15, 0.2) is 5.13 Å². The first kappa shape index (κ1) is 19.6. The van der Waals surface area contributed by atoms with Gasteiger partial charge in [0, 0.05) is 30.4 Å². The Morgan fingerprint density at radius 1 is 1.46 bits per heavy atom. The van der Waals surface area contributed by atoms with Gasteiger partial charge in [-0.1, -0.05) is 6.92 Å². The van der Waals surface area contributed by atoms with Gasteiger partial charge in [0.05, 0.1) is 5.69 Å². The highest BCUT2D eigenvalue weighted by Crippen LogP contribution is 2.23. The minimum Gasteiger partial charge on any atom is -0.314 e. The summed E-state index contributed by atoms with van der Waals surface area (Å²) in [7, 11) is 0. The first-order valence-electron chi connectivity index (χ1n) is 8.81. The molecule has 3 heterocycles. The van der Waals surface area contributed by atoms with E-state index in [-0.39, 0.29) is 24.2 Å². The highest BCUT2D eigenvalue weighted by molar-refractivity contribution is 7.13. The number of nitrogens with zero attached hydrogens (tertiary/aromatic N) is 2. The third-order valence-corrected chi connectivity index (χ3v) is 5.71. The molecule has 7 heteroatoms. The molecule has 2 aliphatic rings. The van der Waals surface area contributed by atoms with Gasteiger partial charge < -0.3 is 10.6 Å². The van der Waals surface area contributed by atoms with E-state index in [1.54, 1.807) is 11.3 Å². The minimum absolute atomic E-state index is 0. The van der Waals surface area contributed by atoms with Gasteiger partial charge in [-0.2, -0.15) is 0 Å². The summed E-state index contributed by atoms with van der Waals surface area (Å²) in [6, 6.07) is 0.424. The number of thiazole rings is 1. The van der Waals surface area contributed by atoms with Crippen LogP contribution in [0.5, 0.6) is 0 Å². The van der Waals surface area contributed by atoms with Crippen molar-refractivity contribution in [3.05, 3.63) is 11.1 Å². The summed E-state index contributed by atoms with van der Waals surface area (Å²) in [6.45, 7) is 8.61. The average Bonchev–Trinajstić information content (AvgIpc) is 2.94. The Bertz CT molecular complexity index is 538. The molecule has 2 N–H and O–H groups in total. The van der Waals surface area contributed by atoms with Crippen LogP contribution in [0, 0.1) is 11.8 Å². The van der Waals surface area contributed by atoms with Crippen molar-refractivity contribution in [1.29, 1.82) is 0 Å². The lowest BCUT2D eigenvalue weighted by atomic mass is 9.92. The molecule has 0 spiro atoms. The standard InChI is InChI=1S/C17H28N4OS.ClH/c1-12-4-3-7-21(9-12)10-15-11-23-17(19-15)20-16(22)14-5-6-18-13(2)8-14;/h11-14,18H,3-10H2,1-2H3,(H,19,20,22);1H/t12?,13-,14-;/m0./s1. The van der Waals surface area contributed by atoms with E-state index in [0.717, 1.165) is 55.8 Å². The predicted octanol–water partition coefficient (Wildman–Crippen LogP) is 3.12. The molecule has 1 unspecified atom stereocenters. The van der Waals surface area contributed by atoms with Gasteiger partial charge in [0.2, 0.25) is 5.91 Å². The van der Waals surface area contributed by atoms with Crippen LogP contribution in [-0.2, 0) is 11.3 Å². The van der Waals surface area contributed by atoms with Crippen molar-refractivity contribution in [1.82, 2.24) is 15.2 Å². The largest absolute Gasteiger partial charge is 0.314 e. The zero-order valence-electron chi connectivity index (χ0n) is 14.6. The zero-order chi connectivity index (χ0) is 16.2. The van der Waals surface area contributed by atoms with Crippen molar-refractivity contribution >= 4 is 34.8 Å². The first-order chi connectivity index (χ1) is 11.1. The number of hydrogen-bond acceptors (Lipinski definition) is 5. The van der Waals surface area contributed by atoms with E-state index >= 15 is 0 Å². The lowest BCUT2D eigenvalue weighted by molar-refractivity contribution is -0.120. The lowest BCUT2D eigenvalue weighted by Gasteiger charge is -2.30. The van der Waals surface area contributed by atoms with Crippen molar-refractivity contribution < 1.29 is 4.79 Å². The van der Waals surface area contributed by atoms with Gasteiger partial charge in [0.1, 0.15) is 0 Å². The molecule has 0 bridgehead atoms. The Morgan fingerprint density at radius 3 is 3.04 bits per heavy atom. The number of hydrogen-bond donors (Lipinski definition) is 2. The Labute approximate surface area is 155 Å². The first-order valence-corrected chi connectivity index (χ1v) is 9.69. The number of nitrogens with one attached hydrogen (secondary N) is 2. The molecule has 0 aliphatic carbocycles. The second kappa shape index (κ2) is 9.13. The summed E-state index contributed by atoms with van der Waals surface area (Å²) in [5.74, 6) is 1.02. The summed E-state index contributed by atoms with van der Waals surface area (Å²) in [5.41, 5.74) is 1.08. The molecule has 2 saturated heterocycles. The van der Waals surface area contributed by atoms with Crippen LogP contribution >= 0.6 is 23.7 Å². The number of piperidine rings is 2. The maximum Gasteiger partial charge on any atom is 0.229 e. The topological polar surface area (TPSA) is 57.3 Å². The van der Waals surface area contributed by atoms with Crippen molar-refractivity contribution in [2.24, 2.45) is 11.8 Å². The van der Waals surface area contributed by atoms with Gasteiger partial charge in [-0.15, -0.1) is 23.7 Å². The number of rotatable bonds is 4. The molecule has 2 fully saturated rings. The number of likely N-dealkylation sites (tertiary alicyclic amines) is 1. The van der Waals surface area contributed by atoms with Crippen molar-refractivity contribution in [2.45, 2.75) is 52.1 Å². The van der Waals surface area contributed by atoms with E-state index in [0.29, 0.717) is 6.04 Å². The third-order valence-electron chi connectivity index (χ3n) is 4.90. The normalized spacial score (nSPS) is 28.2.